The van der Waals surface area contributed by atoms with E-state index in [1.54, 1.807) is 0 Å². The van der Waals surface area contributed by atoms with Crippen molar-refractivity contribution in [1.29, 1.82) is 0 Å². The number of hydrogen-bond acceptors (Lipinski definition) is 2. The molecule has 0 fully saturated rings. The summed E-state index contributed by atoms with van der Waals surface area (Å²) in [6.45, 7) is 2.11. The summed E-state index contributed by atoms with van der Waals surface area (Å²) in [6.07, 6.45) is 4.65. The Kier molecular flexibility index (Phi) is 2.11. The van der Waals surface area contributed by atoms with Gasteiger partial charge in [0.25, 0.3) is 0 Å². The Hall–Kier alpha value is -0.795. The smallest absolute Gasteiger partial charge is 0.423 e. The third kappa shape index (κ3) is 1.26. The van der Waals surface area contributed by atoms with E-state index in [9.17, 15) is 5.02 Å². The van der Waals surface area contributed by atoms with Gasteiger partial charge >= 0.3 is 7.12 Å². The van der Waals surface area contributed by atoms with Gasteiger partial charge in [0.15, 0.2) is 0 Å². The molecule has 1 aromatic carbocycles. The van der Waals surface area contributed by atoms with Crippen LogP contribution < -0.4 is 5.46 Å². The van der Waals surface area contributed by atoms with Crippen molar-refractivity contribution in [3.63, 3.8) is 0 Å². The van der Waals surface area contributed by atoms with Gasteiger partial charge in [-0.05, 0) is 47.8 Å². The average Bonchev–Trinajstić information content (AvgIpc) is 2.81. The standard InChI is InChI=1S/C12H15BO2/c1-2-11-12-9-5-3-4-8(9)6-7-10(12)13(14)15-11/h6-7,11,14H,2-5H2,1H3/t11-/m1/s1. The number of hydrogen-bond donors (Lipinski definition) is 1. The largest absolute Gasteiger partial charge is 0.491 e. The molecule has 1 heterocycles. The number of benzene rings is 1. The highest BCUT2D eigenvalue weighted by Gasteiger charge is 2.37. The summed E-state index contributed by atoms with van der Waals surface area (Å²) in [5, 5.41) is 9.79. The summed E-state index contributed by atoms with van der Waals surface area (Å²) < 4.78 is 5.56. The summed E-state index contributed by atoms with van der Waals surface area (Å²) in [6, 6.07) is 4.20. The molecule has 1 aliphatic heterocycles. The number of rotatable bonds is 1. The molecule has 3 rings (SSSR count). The molecule has 0 radical (unpaired) electrons. The van der Waals surface area contributed by atoms with Gasteiger partial charge in [-0.25, -0.2) is 0 Å². The maximum absolute atomic E-state index is 9.79. The van der Waals surface area contributed by atoms with Crippen LogP contribution in [0.5, 0.6) is 0 Å². The van der Waals surface area contributed by atoms with E-state index in [-0.39, 0.29) is 6.10 Å². The van der Waals surface area contributed by atoms with Crippen molar-refractivity contribution in [3.05, 3.63) is 28.8 Å². The van der Waals surface area contributed by atoms with Gasteiger partial charge in [-0.2, -0.15) is 0 Å². The van der Waals surface area contributed by atoms with E-state index in [0.717, 1.165) is 18.3 Å². The molecule has 0 unspecified atom stereocenters. The first kappa shape index (κ1) is 9.43. The molecule has 3 heteroatoms. The first-order valence-electron chi connectivity index (χ1n) is 5.79. The molecular weight excluding hydrogens is 187 g/mol. The van der Waals surface area contributed by atoms with E-state index >= 15 is 0 Å². The van der Waals surface area contributed by atoms with E-state index in [4.69, 9.17) is 4.65 Å². The third-order valence-electron chi connectivity index (χ3n) is 3.61. The lowest BCUT2D eigenvalue weighted by atomic mass is 9.77. The van der Waals surface area contributed by atoms with Crippen LogP contribution in [0.25, 0.3) is 0 Å². The van der Waals surface area contributed by atoms with E-state index in [1.165, 1.54) is 29.5 Å². The van der Waals surface area contributed by atoms with Crippen molar-refractivity contribution in [2.45, 2.75) is 38.7 Å². The third-order valence-corrected chi connectivity index (χ3v) is 3.61. The summed E-state index contributed by atoms with van der Waals surface area (Å²) in [4.78, 5) is 0. The molecule has 0 amide bonds. The van der Waals surface area contributed by atoms with Crippen LogP contribution in [0.4, 0.5) is 0 Å². The Morgan fingerprint density at radius 3 is 3.13 bits per heavy atom. The van der Waals surface area contributed by atoms with Gasteiger partial charge in [-0.15, -0.1) is 0 Å². The van der Waals surface area contributed by atoms with Crippen molar-refractivity contribution in [1.82, 2.24) is 0 Å². The fourth-order valence-electron chi connectivity index (χ4n) is 2.91. The molecule has 0 aromatic heterocycles. The lowest BCUT2D eigenvalue weighted by Gasteiger charge is -2.13. The Balaban J connectivity index is 2.18. The number of fused-ring (bicyclic) bond motifs is 3. The zero-order valence-corrected chi connectivity index (χ0v) is 8.99. The van der Waals surface area contributed by atoms with Crippen molar-refractivity contribution in [2.24, 2.45) is 0 Å². The van der Waals surface area contributed by atoms with Gasteiger partial charge in [-0.1, -0.05) is 19.1 Å². The van der Waals surface area contributed by atoms with E-state index < -0.39 is 7.12 Å². The fourth-order valence-corrected chi connectivity index (χ4v) is 2.91. The van der Waals surface area contributed by atoms with Crippen molar-refractivity contribution in [3.8, 4) is 0 Å². The van der Waals surface area contributed by atoms with E-state index in [1.807, 2.05) is 6.07 Å². The van der Waals surface area contributed by atoms with Crippen molar-refractivity contribution < 1.29 is 9.68 Å². The van der Waals surface area contributed by atoms with Crippen LogP contribution in [0.3, 0.4) is 0 Å². The van der Waals surface area contributed by atoms with E-state index in [0.29, 0.717) is 0 Å². The highest BCUT2D eigenvalue weighted by Crippen LogP contribution is 2.34. The lowest BCUT2D eigenvalue weighted by Crippen LogP contribution is -2.28. The topological polar surface area (TPSA) is 29.5 Å². The van der Waals surface area contributed by atoms with Gasteiger partial charge in [0.05, 0.1) is 6.10 Å². The molecule has 15 heavy (non-hydrogen) atoms. The Bertz CT molecular complexity index is 403. The average molecular weight is 202 g/mol. The second kappa shape index (κ2) is 3.36. The maximum atomic E-state index is 9.79. The van der Waals surface area contributed by atoms with Gasteiger partial charge in [0.2, 0.25) is 0 Å². The Morgan fingerprint density at radius 2 is 2.33 bits per heavy atom. The Morgan fingerprint density at radius 1 is 1.47 bits per heavy atom. The normalized spacial score (nSPS) is 23.1. The zero-order chi connectivity index (χ0) is 10.4. The molecular formula is C12H15BO2. The zero-order valence-electron chi connectivity index (χ0n) is 8.99. The molecule has 1 atom stereocenters. The van der Waals surface area contributed by atoms with Crippen molar-refractivity contribution in [2.75, 3.05) is 0 Å². The number of aryl methyl sites for hydroxylation is 1. The molecule has 0 bridgehead atoms. The van der Waals surface area contributed by atoms with Crippen LogP contribution in [0.2, 0.25) is 0 Å². The second-order valence-electron chi connectivity index (χ2n) is 4.45. The summed E-state index contributed by atoms with van der Waals surface area (Å²) >= 11 is 0. The lowest BCUT2D eigenvalue weighted by molar-refractivity contribution is 0.186. The van der Waals surface area contributed by atoms with Gasteiger partial charge in [-0.3, -0.25) is 0 Å². The van der Waals surface area contributed by atoms with Gasteiger partial charge in [0, 0.05) is 0 Å². The minimum Gasteiger partial charge on any atom is -0.423 e. The predicted octanol–water partition coefficient (Wildman–Crippen LogP) is 1.34. The summed E-state index contributed by atoms with van der Waals surface area (Å²) in [5.74, 6) is 0. The molecule has 0 saturated heterocycles. The molecule has 1 aromatic rings. The Labute approximate surface area is 90.4 Å². The fraction of sp³-hybridized carbons (Fsp3) is 0.500. The van der Waals surface area contributed by atoms with Crippen LogP contribution in [0, 0.1) is 0 Å². The maximum Gasteiger partial charge on any atom is 0.491 e. The molecule has 78 valence electrons. The predicted molar refractivity (Wildman–Crippen MR) is 60.2 cm³/mol. The minimum absolute atomic E-state index is 0.114. The van der Waals surface area contributed by atoms with Crippen LogP contribution in [-0.4, -0.2) is 12.1 Å². The van der Waals surface area contributed by atoms with Gasteiger partial charge in [0.1, 0.15) is 0 Å². The quantitative estimate of drug-likeness (QED) is 0.696. The molecule has 2 nitrogen and oxygen atoms in total. The van der Waals surface area contributed by atoms with Crippen molar-refractivity contribution >= 4 is 12.6 Å². The molecule has 0 spiro atoms. The first-order chi connectivity index (χ1) is 7.31. The highest BCUT2D eigenvalue weighted by atomic mass is 16.5. The second-order valence-corrected chi connectivity index (χ2v) is 4.45. The first-order valence-corrected chi connectivity index (χ1v) is 5.79. The SMILES string of the molecule is CC[C@H]1OB(O)c2ccc3c(c21)CCC3. The molecule has 2 aliphatic rings. The summed E-state index contributed by atoms with van der Waals surface area (Å²) in [7, 11) is -0.698. The van der Waals surface area contributed by atoms with Crippen LogP contribution in [-0.2, 0) is 17.5 Å². The monoisotopic (exact) mass is 202 g/mol. The minimum atomic E-state index is -0.698. The van der Waals surface area contributed by atoms with E-state index in [2.05, 4.69) is 13.0 Å². The highest BCUT2D eigenvalue weighted by molar-refractivity contribution is 6.61. The summed E-state index contributed by atoms with van der Waals surface area (Å²) in [5.41, 5.74) is 5.21. The van der Waals surface area contributed by atoms with Crippen LogP contribution in [0.1, 0.15) is 42.6 Å². The van der Waals surface area contributed by atoms with Crippen LogP contribution in [0.15, 0.2) is 12.1 Å². The van der Waals surface area contributed by atoms with Gasteiger partial charge < -0.3 is 9.68 Å². The van der Waals surface area contributed by atoms with Crippen LogP contribution >= 0.6 is 0 Å². The molecule has 0 saturated carbocycles. The molecule has 1 aliphatic carbocycles. The molecule has 1 N–H and O–H groups in total.